The largest absolute Gasteiger partial charge is 0.506 e. The second-order valence-corrected chi connectivity index (χ2v) is 6.12. The van der Waals surface area contributed by atoms with Gasteiger partial charge in [-0.2, -0.15) is 0 Å². The van der Waals surface area contributed by atoms with Gasteiger partial charge in [0.15, 0.2) is 0 Å². The van der Waals surface area contributed by atoms with Gasteiger partial charge in [0.25, 0.3) is 0 Å². The van der Waals surface area contributed by atoms with E-state index in [0.29, 0.717) is 24.1 Å². The molecule has 5 nitrogen and oxygen atoms in total. The fourth-order valence-electron chi connectivity index (χ4n) is 3.02. The smallest absolute Gasteiger partial charge is 0.139 e. The Bertz CT molecular complexity index is 548. The summed E-state index contributed by atoms with van der Waals surface area (Å²) >= 11 is 0. The zero-order valence-electron chi connectivity index (χ0n) is 12.2. The lowest BCUT2D eigenvalue weighted by molar-refractivity contribution is 0.397. The maximum Gasteiger partial charge on any atom is 0.139 e. The quantitative estimate of drug-likeness (QED) is 0.584. The van der Waals surface area contributed by atoms with Crippen LogP contribution in [0.4, 0.5) is 5.69 Å². The number of phenolic OH excluding ortho intramolecular Hbond substituents is 1. The van der Waals surface area contributed by atoms with Crippen LogP contribution in [0.15, 0.2) is 6.07 Å². The number of aromatic hydroxyl groups is 1. The van der Waals surface area contributed by atoms with Crippen LogP contribution in [0, 0.1) is 0 Å². The molecule has 3 saturated heterocycles. The van der Waals surface area contributed by atoms with Gasteiger partial charge in [-0.15, -0.1) is 0 Å². The maximum atomic E-state index is 10.3. The minimum atomic E-state index is 0.294. The molecule has 1 aromatic rings. The van der Waals surface area contributed by atoms with E-state index in [2.05, 4.69) is 5.32 Å². The fraction of sp³-hybridized carbons (Fsp3) is 0.625. The molecule has 3 aliphatic heterocycles. The molecule has 5 heteroatoms. The second-order valence-electron chi connectivity index (χ2n) is 6.12. The Morgan fingerprint density at radius 3 is 2.05 bits per heavy atom. The Morgan fingerprint density at radius 1 is 1.00 bits per heavy atom. The first-order chi connectivity index (χ1) is 10.2. The van der Waals surface area contributed by atoms with Crippen LogP contribution in [0.2, 0.25) is 0 Å². The lowest BCUT2D eigenvalue weighted by Crippen LogP contribution is -2.11. The molecule has 2 N–H and O–H groups in total. The van der Waals surface area contributed by atoms with Crippen LogP contribution in [-0.4, -0.2) is 50.3 Å². The predicted molar refractivity (Wildman–Crippen MR) is 78.0 cm³/mol. The first kappa shape index (κ1) is 13.4. The van der Waals surface area contributed by atoms with Gasteiger partial charge in [0, 0.05) is 26.3 Å². The van der Waals surface area contributed by atoms with Crippen LogP contribution < -0.4 is 5.32 Å². The normalized spacial score (nSPS) is 29.3. The number of anilines is 1. The van der Waals surface area contributed by atoms with Crippen molar-refractivity contribution in [3.63, 3.8) is 0 Å². The molecule has 0 spiro atoms. The highest BCUT2D eigenvalue weighted by atomic mass is 16.6. The molecule has 0 bridgehead atoms. The average Bonchev–Trinajstić information content (AvgIpc) is 3.30. The van der Waals surface area contributed by atoms with Gasteiger partial charge in [-0.3, -0.25) is 0 Å². The van der Waals surface area contributed by atoms with Crippen molar-refractivity contribution in [3.8, 4) is 5.75 Å². The molecule has 4 rings (SSSR count). The van der Waals surface area contributed by atoms with E-state index in [4.69, 9.17) is 14.2 Å². The zero-order chi connectivity index (χ0) is 14.4. The molecule has 21 heavy (non-hydrogen) atoms. The molecule has 0 saturated carbocycles. The van der Waals surface area contributed by atoms with Crippen molar-refractivity contribution in [1.29, 1.82) is 0 Å². The highest BCUT2D eigenvalue weighted by molar-refractivity contribution is 5.66. The Morgan fingerprint density at radius 2 is 1.52 bits per heavy atom. The molecule has 3 aliphatic rings. The third-order valence-corrected chi connectivity index (χ3v) is 4.39. The number of nitrogens with one attached hydrogen (secondary N) is 1. The lowest BCUT2D eigenvalue weighted by Gasteiger charge is -2.19. The van der Waals surface area contributed by atoms with Crippen molar-refractivity contribution < 1.29 is 19.3 Å². The van der Waals surface area contributed by atoms with E-state index in [0.717, 1.165) is 44.8 Å². The summed E-state index contributed by atoms with van der Waals surface area (Å²) in [5.41, 5.74) is 4.53. The van der Waals surface area contributed by atoms with Gasteiger partial charge in [0.1, 0.15) is 5.75 Å². The van der Waals surface area contributed by atoms with E-state index in [-0.39, 0.29) is 0 Å². The summed E-state index contributed by atoms with van der Waals surface area (Å²) < 4.78 is 16.2. The summed E-state index contributed by atoms with van der Waals surface area (Å²) in [6.07, 6.45) is 3.58. The highest BCUT2D eigenvalue weighted by Crippen LogP contribution is 2.38. The van der Waals surface area contributed by atoms with Crippen molar-refractivity contribution in [3.05, 3.63) is 22.8 Å². The molecular formula is C16H21NO4. The SMILES string of the molecule is CNc1c(O)cc(CC2CO2)c(CC2CO2)c1CC1CO1. The first-order valence-corrected chi connectivity index (χ1v) is 7.63. The van der Waals surface area contributed by atoms with Crippen molar-refractivity contribution in [2.75, 3.05) is 32.2 Å². The standard InChI is InChI=1S/C16H21NO4/c1-17-16-14(5-12-8-21-12)13(4-11-7-20-11)9(3-15(16)18)2-10-6-19-10/h3,10-12,17-18H,2,4-8H2,1H3. The Kier molecular flexibility index (Phi) is 3.28. The maximum absolute atomic E-state index is 10.3. The number of benzene rings is 1. The van der Waals surface area contributed by atoms with Crippen molar-refractivity contribution >= 4 is 5.69 Å². The van der Waals surface area contributed by atoms with E-state index in [9.17, 15) is 5.11 Å². The summed E-state index contributed by atoms with van der Waals surface area (Å²) in [5.74, 6) is 0.323. The number of hydrogen-bond donors (Lipinski definition) is 2. The molecule has 114 valence electrons. The van der Waals surface area contributed by atoms with Crippen LogP contribution in [0.3, 0.4) is 0 Å². The summed E-state index contributed by atoms with van der Waals surface area (Å²) in [7, 11) is 1.85. The third-order valence-electron chi connectivity index (χ3n) is 4.39. The van der Waals surface area contributed by atoms with Gasteiger partial charge in [-0.25, -0.2) is 0 Å². The monoisotopic (exact) mass is 291 g/mol. The molecule has 0 amide bonds. The van der Waals surface area contributed by atoms with Gasteiger partial charge in [0.05, 0.1) is 43.8 Å². The van der Waals surface area contributed by atoms with Crippen molar-refractivity contribution in [1.82, 2.24) is 0 Å². The minimum absolute atomic E-state index is 0.294. The number of epoxide rings is 3. The van der Waals surface area contributed by atoms with Gasteiger partial charge < -0.3 is 24.6 Å². The van der Waals surface area contributed by atoms with E-state index in [1.807, 2.05) is 13.1 Å². The van der Waals surface area contributed by atoms with Crippen molar-refractivity contribution in [2.45, 2.75) is 37.6 Å². The van der Waals surface area contributed by atoms with E-state index < -0.39 is 0 Å². The number of rotatable bonds is 7. The molecule has 3 unspecified atom stereocenters. The van der Waals surface area contributed by atoms with Gasteiger partial charge >= 0.3 is 0 Å². The Balaban J connectivity index is 1.74. The fourth-order valence-corrected chi connectivity index (χ4v) is 3.02. The number of phenols is 1. The molecule has 0 aliphatic carbocycles. The van der Waals surface area contributed by atoms with E-state index in [1.54, 1.807) is 0 Å². The van der Waals surface area contributed by atoms with Gasteiger partial charge in [0.2, 0.25) is 0 Å². The predicted octanol–water partition coefficient (Wildman–Crippen LogP) is 1.26. The van der Waals surface area contributed by atoms with Crippen LogP contribution in [0.25, 0.3) is 0 Å². The Labute approximate surface area is 124 Å². The molecule has 0 radical (unpaired) electrons. The Hall–Kier alpha value is -1.30. The molecule has 3 heterocycles. The van der Waals surface area contributed by atoms with Crippen LogP contribution in [-0.2, 0) is 33.5 Å². The molecule has 1 aromatic carbocycles. The van der Waals surface area contributed by atoms with Crippen LogP contribution in [0.5, 0.6) is 5.75 Å². The summed E-state index contributed by atoms with van der Waals surface area (Å²) in [6, 6.07) is 1.89. The third kappa shape index (κ3) is 3.00. The second kappa shape index (κ2) is 5.16. The molecular weight excluding hydrogens is 270 g/mol. The topological polar surface area (TPSA) is 69.8 Å². The first-order valence-electron chi connectivity index (χ1n) is 7.63. The number of ether oxygens (including phenoxy) is 3. The number of hydrogen-bond acceptors (Lipinski definition) is 5. The summed E-state index contributed by atoms with van der Waals surface area (Å²) in [5, 5.41) is 13.5. The van der Waals surface area contributed by atoms with Gasteiger partial charge in [-0.05, 0) is 22.8 Å². The van der Waals surface area contributed by atoms with Crippen LogP contribution in [0.1, 0.15) is 16.7 Å². The van der Waals surface area contributed by atoms with Crippen LogP contribution >= 0.6 is 0 Å². The minimum Gasteiger partial charge on any atom is -0.506 e. The summed E-state index contributed by atoms with van der Waals surface area (Å²) in [4.78, 5) is 0. The molecule has 3 fully saturated rings. The molecule has 0 aromatic heterocycles. The highest BCUT2D eigenvalue weighted by Gasteiger charge is 2.32. The van der Waals surface area contributed by atoms with E-state index in [1.165, 1.54) is 16.7 Å². The average molecular weight is 291 g/mol. The zero-order valence-corrected chi connectivity index (χ0v) is 12.2. The lowest BCUT2D eigenvalue weighted by atomic mass is 9.90. The van der Waals surface area contributed by atoms with E-state index >= 15 is 0 Å². The van der Waals surface area contributed by atoms with Crippen molar-refractivity contribution in [2.24, 2.45) is 0 Å². The van der Waals surface area contributed by atoms with Gasteiger partial charge in [-0.1, -0.05) is 0 Å². The summed E-state index contributed by atoms with van der Waals surface area (Å²) in [6.45, 7) is 2.49. The molecule has 3 atom stereocenters.